The number of amides is 1. The summed E-state index contributed by atoms with van der Waals surface area (Å²) in [5.41, 5.74) is 10.6. The van der Waals surface area contributed by atoms with E-state index in [-0.39, 0.29) is 11.7 Å². The van der Waals surface area contributed by atoms with Crippen molar-refractivity contribution >= 4 is 27.5 Å². The third-order valence-corrected chi connectivity index (χ3v) is 6.59. The molecule has 0 bridgehead atoms. The minimum absolute atomic E-state index is 0.0830. The number of benzene rings is 3. The van der Waals surface area contributed by atoms with Crippen LogP contribution >= 0.6 is 15.9 Å². The first-order valence-corrected chi connectivity index (χ1v) is 12.1. The molecule has 2 atom stereocenters. The van der Waals surface area contributed by atoms with Crippen LogP contribution in [-0.2, 0) is 16.0 Å². The predicted molar refractivity (Wildman–Crippen MR) is 136 cm³/mol. The largest absolute Gasteiger partial charge is 0.399 e. The van der Waals surface area contributed by atoms with Gasteiger partial charge in [0.05, 0.1) is 5.69 Å². The number of carbonyl (C=O) groups is 1. The Labute approximate surface area is 211 Å². The van der Waals surface area contributed by atoms with Crippen LogP contribution in [0.4, 0.5) is 10.1 Å². The van der Waals surface area contributed by atoms with Gasteiger partial charge >= 0.3 is 0 Å². The Morgan fingerprint density at radius 3 is 2.54 bits per heavy atom. The topological polar surface area (TPSA) is 73.4 Å². The normalized spacial score (nSPS) is 17.8. The van der Waals surface area contributed by atoms with Gasteiger partial charge in [0.1, 0.15) is 17.6 Å². The number of nitrogens with two attached hydrogens (primary N) is 1. The van der Waals surface area contributed by atoms with Gasteiger partial charge in [-0.3, -0.25) is 4.79 Å². The van der Waals surface area contributed by atoms with Crippen LogP contribution in [-0.4, -0.2) is 33.2 Å². The number of aromatic nitrogens is 2. The molecule has 1 saturated heterocycles. The molecule has 3 aromatic carbocycles. The molecule has 4 aromatic rings. The van der Waals surface area contributed by atoms with E-state index in [1.54, 1.807) is 28.6 Å². The van der Waals surface area contributed by atoms with Crippen LogP contribution in [0.15, 0.2) is 83.5 Å². The Bertz CT molecular complexity index is 1350. The molecule has 2 N–H and O–H groups in total. The zero-order valence-corrected chi connectivity index (χ0v) is 20.7. The van der Waals surface area contributed by atoms with E-state index < -0.39 is 12.3 Å². The second kappa shape index (κ2) is 9.64. The standard InChI is InChI=1S/C27H24BrFN4O2/c1-17-26(34)32(14-13-18-3-2-4-22(30)15-18)27(35-17)24-16-33(23-11-7-20(28)8-12-23)31-25(24)19-5-9-21(29)10-6-19/h2-12,15-17,27H,13-14,30H2,1H3. The summed E-state index contributed by atoms with van der Waals surface area (Å²) in [7, 11) is 0. The van der Waals surface area contributed by atoms with Crippen molar-refractivity contribution in [3.63, 3.8) is 0 Å². The summed E-state index contributed by atoms with van der Waals surface area (Å²) in [5.74, 6) is -0.410. The third-order valence-electron chi connectivity index (χ3n) is 6.06. The highest BCUT2D eigenvalue weighted by Crippen LogP contribution is 2.37. The van der Waals surface area contributed by atoms with Crippen LogP contribution in [0.5, 0.6) is 0 Å². The van der Waals surface area contributed by atoms with Gasteiger partial charge in [-0.2, -0.15) is 5.10 Å². The molecule has 0 spiro atoms. The Balaban J connectivity index is 1.54. The van der Waals surface area contributed by atoms with Gasteiger partial charge in [-0.25, -0.2) is 9.07 Å². The predicted octanol–water partition coefficient (Wildman–Crippen LogP) is 5.51. The van der Waals surface area contributed by atoms with Crippen LogP contribution < -0.4 is 5.73 Å². The van der Waals surface area contributed by atoms with Crippen molar-refractivity contribution in [3.8, 4) is 16.9 Å². The molecule has 178 valence electrons. The van der Waals surface area contributed by atoms with Crippen LogP contribution in [0.3, 0.4) is 0 Å². The monoisotopic (exact) mass is 534 g/mol. The Kier molecular flexibility index (Phi) is 6.40. The van der Waals surface area contributed by atoms with Gasteiger partial charge in [-0.05, 0) is 79.6 Å². The summed E-state index contributed by atoms with van der Waals surface area (Å²) >= 11 is 3.46. The smallest absolute Gasteiger partial charge is 0.253 e. The lowest BCUT2D eigenvalue weighted by molar-refractivity contribution is -0.130. The Hall–Kier alpha value is -3.49. The summed E-state index contributed by atoms with van der Waals surface area (Å²) in [6.45, 7) is 2.22. The Morgan fingerprint density at radius 1 is 1.09 bits per heavy atom. The first kappa shape index (κ1) is 23.3. The van der Waals surface area contributed by atoms with E-state index in [0.29, 0.717) is 24.3 Å². The molecule has 0 radical (unpaired) electrons. The van der Waals surface area contributed by atoms with Crippen molar-refractivity contribution in [3.05, 3.63) is 100 Å². The SMILES string of the molecule is CC1OC(c2cn(-c3ccc(Br)cc3)nc2-c2ccc(F)cc2)N(CCc2cccc(N)c2)C1=O. The molecule has 1 aromatic heterocycles. The number of nitrogen functional groups attached to an aromatic ring is 1. The molecule has 1 aliphatic rings. The molecular weight excluding hydrogens is 511 g/mol. The van der Waals surface area contributed by atoms with Gasteiger partial charge in [0.2, 0.25) is 0 Å². The average Bonchev–Trinajstić information content (AvgIpc) is 3.40. The van der Waals surface area contributed by atoms with Gasteiger partial charge < -0.3 is 15.4 Å². The molecule has 0 saturated carbocycles. The van der Waals surface area contributed by atoms with Crippen molar-refractivity contribution in [1.29, 1.82) is 0 Å². The maximum atomic E-state index is 13.6. The molecule has 0 aliphatic carbocycles. The van der Waals surface area contributed by atoms with E-state index in [9.17, 15) is 9.18 Å². The number of hydrogen-bond donors (Lipinski definition) is 1. The summed E-state index contributed by atoms with van der Waals surface area (Å²) in [4.78, 5) is 14.8. The van der Waals surface area contributed by atoms with E-state index in [0.717, 1.165) is 26.9 Å². The van der Waals surface area contributed by atoms with Crippen molar-refractivity contribution in [2.45, 2.75) is 25.7 Å². The summed E-state index contributed by atoms with van der Waals surface area (Å²) in [6, 6.07) is 21.6. The molecule has 35 heavy (non-hydrogen) atoms. The van der Waals surface area contributed by atoms with Crippen LogP contribution in [0.1, 0.15) is 24.3 Å². The molecule has 5 rings (SSSR count). The quantitative estimate of drug-likeness (QED) is 0.331. The lowest BCUT2D eigenvalue weighted by Crippen LogP contribution is -2.32. The number of rotatable bonds is 6. The minimum Gasteiger partial charge on any atom is -0.399 e. The zero-order chi connectivity index (χ0) is 24.5. The van der Waals surface area contributed by atoms with Crippen molar-refractivity contribution in [2.75, 3.05) is 12.3 Å². The number of hydrogen-bond acceptors (Lipinski definition) is 4. The summed E-state index contributed by atoms with van der Waals surface area (Å²) < 4.78 is 22.5. The van der Waals surface area contributed by atoms with E-state index in [1.807, 2.05) is 54.7 Å². The first-order valence-electron chi connectivity index (χ1n) is 11.3. The fourth-order valence-electron chi connectivity index (χ4n) is 4.27. The van der Waals surface area contributed by atoms with Gasteiger partial charge in [-0.15, -0.1) is 0 Å². The molecule has 1 aliphatic heterocycles. The number of nitrogens with zero attached hydrogens (tertiary/aromatic N) is 3. The van der Waals surface area contributed by atoms with Crippen molar-refractivity contribution < 1.29 is 13.9 Å². The molecule has 1 fully saturated rings. The van der Waals surface area contributed by atoms with Crippen LogP contribution in [0, 0.1) is 5.82 Å². The second-order valence-corrected chi connectivity index (χ2v) is 9.43. The number of anilines is 1. The maximum Gasteiger partial charge on any atom is 0.253 e. The molecule has 8 heteroatoms. The summed E-state index contributed by atoms with van der Waals surface area (Å²) in [5, 5.41) is 4.81. The fourth-order valence-corrected chi connectivity index (χ4v) is 4.53. The number of halogens is 2. The first-order chi connectivity index (χ1) is 16.9. The van der Waals surface area contributed by atoms with Gasteiger partial charge in [0, 0.05) is 34.0 Å². The van der Waals surface area contributed by atoms with Crippen LogP contribution in [0.2, 0.25) is 0 Å². The third kappa shape index (κ3) is 4.85. The summed E-state index contributed by atoms with van der Waals surface area (Å²) in [6.07, 6.45) is 1.31. The van der Waals surface area contributed by atoms with Crippen LogP contribution in [0.25, 0.3) is 16.9 Å². The van der Waals surface area contributed by atoms with Gasteiger partial charge in [0.25, 0.3) is 5.91 Å². The van der Waals surface area contributed by atoms with E-state index in [1.165, 1.54) is 12.1 Å². The molecule has 2 unspecified atom stereocenters. The van der Waals surface area contributed by atoms with E-state index in [2.05, 4.69) is 15.9 Å². The lowest BCUT2D eigenvalue weighted by atomic mass is 10.1. The van der Waals surface area contributed by atoms with Crippen molar-refractivity contribution in [1.82, 2.24) is 14.7 Å². The van der Waals surface area contributed by atoms with Crippen molar-refractivity contribution in [2.24, 2.45) is 0 Å². The average molecular weight is 535 g/mol. The van der Waals surface area contributed by atoms with E-state index >= 15 is 0 Å². The fraction of sp³-hybridized carbons (Fsp3) is 0.185. The highest BCUT2D eigenvalue weighted by molar-refractivity contribution is 9.10. The lowest BCUT2D eigenvalue weighted by Gasteiger charge is -2.23. The molecular formula is C27H24BrFN4O2. The molecule has 6 nitrogen and oxygen atoms in total. The van der Waals surface area contributed by atoms with E-state index in [4.69, 9.17) is 15.6 Å². The number of carbonyl (C=O) groups excluding carboxylic acids is 1. The highest BCUT2D eigenvalue weighted by Gasteiger charge is 2.40. The molecule has 2 heterocycles. The van der Waals surface area contributed by atoms with Gasteiger partial charge in [0.15, 0.2) is 6.23 Å². The highest BCUT2D eigenvalue weighted by atomic mass is 79.9. The zero-order valence-electron chi connectivity index (χ0n) is 19.1. The Morgan fingerprint density at radius 2 is 1.83 bits per heavy atom. The minimum atomic E-state index is -0.622. The molecule has 1 amide bonds. The number of ether oxygens (including phenoxy) is 1. The second-order valence-electron chi connectivity index (χ2n) is 8.52. The maximum absolute atomic E-state index is 13.6. The van der Waals surface area contributed by atoms with Gasteiger partial charge in [-0.1, -0.05) is 28.1 Å².